The van der Waals surface area contributed by atoms with Gasteiger partial charge in [-0.2, -0.15) is 10.4 Å². The molecule has 3 rings (SSSR count). The van der Waals surface area contributed by atoms with Gasteiger partial charge in [-0.25, -0.2) is 9.67 Å². The molecule has 1 saturated carbocycles. The summed E-state index contributed by atoms with van der Waals surface area (Å²) in [4.78, 5) is 16.8. The van der Waals surface area contributed by atoms with Crippen LogP contribution in [0.2, 0.25) is 0 Å². The molecule has 0 spiro atoms. The first-order chi connectivity index (χ1) is 10.7. The molecular weight excluding hydrogens is 278 g/mol. The third-order valence-electron chi connectivity index (χ3n) is 3.86. The fourth-order valence-electron chi connectivity index (χ4n) is 2.53. The lowest BCUT2D eigenvalue weighted by Gasteiger charge is -2.18. The van der Waals surface area contributed by atoms with Crippen molar-refractivity contribution >= 4 is 5.91 Å². The number of nitriles is 1. The number of benzene rings is 1. The van der Waals surface area contributed by atoms with Crippen LogP contribution in [0, 0.1) is 17.2 Å². The van der Waals surface area contributed by atoms with E-state index in [0.29, 0.717) is 17.0 Å². The Balaban J connectivity index is 1.82. The minimum absolute atomic E-state index is 0.124. The molecule has 0 bridgehead atoms. The molecule has 1 aliphatic carbocycles. The van der Waals surface area contributed by atoms with E-state index < -0.39 is 0 Å². The van der Waals surface area contributed by atoms with Crippen molar-refractivity contribution in [2.24, 2.45) is 5.92 Å². The second-order valence-electron chi connectivity index (χ2n) is 5.42. The van der Waals surface area contributed by atoms with E-state index in [4.69, 9.17) is 5.26 Å². The summed E-state index contributed by atoms with van der Waals surface area (Å²) < 4.78 is 1.81. The van der Waals surface area contributed by atoms with E-state index in [1.165, 1.54) is 6.33 Å². The molecular formula is C16H17N5O. The highest BCUT2D eigenvalue weighted by atomic mass is 16.1. The maximum absolute atomic E-state index is 12.5. The Morgan fingerprint density at radius 1 is 1.55 bits per heavy atom. The monoisotopic (exact) mass is 295 g/mol. The summed E-state index contributed by atoms with van der Waals surface area (Å²) in [5.74, 6) is 1.03. The Hall–Kier alpha value is -2.68. The number of nitrogens with zero attached hydrogens (tertiary/aromatic N) is 4. The van der Waals surface area contributed by atoms with Crippen LogP contribution in [0.5, 0.6) is 0 Å². The maximum atomic E-state index is 12.5. The molecule has 6 heteroatoms. The van der Waals surface area contributed by atoms with Gasteiger partial charge in [0, 0.05) is 12.1 Å². The molecule has 1 aromatic heterocycles. The number of carbonyl (C=O) groups is 1. The van der Waals surface area contributed by atoms with Crippen LogP contribution < -0.4 is 5.32 Å². The normalized spacial score (nSPS) is 15.1. The van der Waals surface area contributed by atoms with Gasteiger partial charge in [-0.05, 0) is 43.9 Å². The SMILES string of the molecule is CCn1ncnc1[C@H](NC(=O)c1cccc(C#N)c1)C1CC1. The topological polar surface area (TPSA) is 83.6 Å². The van der Waals surface area contributed by atoms with Gasteiger partial charge in [0.15, 0.2) is 0 Å². The van der Waals surface area contributed by atoms with E-state index in [0.717, 1.165) is 25.2 Å². The van der Waals surface area contributed by atoms with Gasteiger partial charge in [0.1, 0.15) is 12.2 Å². The molecule has 0 saturated heterocycles. The van der Waals surface area contributed by atoms with Gasteiger partial charge in [0.2, 0.25) is 0 Å². The van der Waals surface area contributed by atoms with Gasteiger partial charge in [-0.15, -0.1) is 0 Å². The molecule has 1 atom stereocenters. The highest BCUT2D eigenvalue weighted by Gasteiger charge is 2.36. The van der Waals surface area contributed by atoms with Gasteiger partial charge in [-0.1, -0.05) is 6.07 Å². The lowest BCUT2D eigenvalue weighted by molar-refractivity contribution is 0.0928. The summed E-state index contributed by atoms with van der Waals surface area (Å²) >= 11 is 0. The Kier molecular flexibility index (Phi) is 3.88. The van der Waals surface area contributed by atoms with Crippen molar-refractivity contribution in [1.82, 2.24) is 20.1 Å². The van der Waals surface area contributed by atoms with Gasteiger partial charge in [0.05, 0.1) is 17.7 Å². The van der Waals surface area contributed by atoms with Crippen molar-refractivity contribution in [2.45, 2.75) is 32.4 Å². The third-order valence-corrected chi connectivity index (χ3v) is 3.86. The number of aryl methyl sites for hydroxylation is 1. The molecule has 0 radical (unpaired) electrons. The molecule has 0 unspecified atom stereocenters. The Bertz CT molecular complexity index is 726. The quantitative estimate of drug-likeness (QED) is 0.915. The van der Waals surface area contributed by atoms with Crippen molar-refractivity contribution in [3.05, 3.63) is 47.5 Å². The van der Waals surface area contributed by atoms with E-state index in [-0.39, 0.29) is 11.9 Å². The molecule has 1 heterocycles. The van der Waals surface area contributed by atoms with Gasteiger partial charge in [-0.3, -0.25) is 4.79 Å². The second-order valence-corrected chi connectivity index (χ2v) is 5.42. The first-order valence-corrected chi connectivity index (χ1v) is 7.41. The van der Waals surface area contributed by atoms with Crippen molar-refractivity contribution in [3.63, 3.8) is 0 Å². The molecule has 1 amide bonds. The molecule has 1 fully saturated rings. The molecule has 0 aliphatic heterocycles. The van der Waals surface area contributed by atoms with Crippen molar-refractivity contribution in [1.29, 1.82) is 5.26 Å². The molecule has 6 nitrogen and oxygen atoms in total. The van der Waals surface area contributed by atoms with E-state index >= 15 is 0 Å². The average molecular weight is 295 g/mol. The highest BCUT2D eigenvalue weighted by molar-refractivity contribution is 5.94. The van der Waals surface area contributed by atoms with Crippen LogP contribution in [0.15, 0.2) is 30.6 Å². The van der Waals surface area contributed by atoms with Crippen LogP contribution >= 0.6 is 0 Å². The first-order valence-electron chi connectivity index (χ1n) is 7.41. The van der Waals surface area contributed by atoms with Gasteiger partial charge in [0.25, 0.3) is 5.91 Å². The minimum Gasteiger partial charge on any atom is -0.342 e. The van der Waals surface area contributed by atoms with Crippen molar-refractivity contribution < 1.29 is 4.79 Å². The van der Waals surface area contributed by atoms with Crippen LogP contribution in [0.1, 0.15) is 47.6 Å². The van der Waals surface area contributed by atoms with Crippen molar-refractivity contribution in [3.8, 4) is 6.07 Å². The number of nitrogens with one attached hydrogen (secondary N) is 1. The van der Waals surface area contributed by atoms with Gasteiger partial charge >= 0.3 is 0 Å². The van der Waals surface area contributed by atoms with Crippen LogP contribution in [0.3, 0.4) is 0 Å². The largest absolute Gasteiger partial charge is 0.342 e. The van der Waals surface area contributed by atoms with E-state index in [9.17, 15) is 4.79 Å². The fourth-order valence-corrected chi connectivity index (χ4v) is 2.53. The second kappa shape index (κ2) is 5.98. The summed E-state index contributed by atoms with van der Waals surface area (Å²) in [6, 6.07) is 8.64. The lowest BCUT2D eigenvalue weighted by atomic mass is 10.1. The standard InChI is InChI=1S/C16H17N5O/c1-2-21-15(18-10-19-21)14(12-6-7-12)20-16(22)13-5-3-4-11(8-13)9-17/h3-5,8,10,12,14H,2,6-7H2,1H3,(H,20,22)/t14-/m1/s1. The Labute approximate surface area is 128 Å². The van der Waals surface area contributed by atoms with E-state index in [1.807, 2.05) is 17.7 Å². The highest BCUT2D eigenvalue weighted by Crippen LogP contribution is 2.40. The maximum Gasteiger partial charge on any atom is 0.251 e. The van der Waals surface area contributed by atoms with E-state index in [2.05, 4.69) is 15.4 Å². The summed E-state index contributed by atoms with van der Waals surface area (Å²) in [6.45, 7) is 2.72. The van der Waals surface area contributed by atoms with Crippen molar-refractivity contribution in [2.75, 3.05) is 0 Å². The number of hydrogen-bond acceptors (Lipinski definition) is 4. The molecule has 1 aliphatic rings. The van der Waals surface area contributed by atoms with Gasteiger partial charge < -0.3 is 5.32 Å². The Morgan fingerprint density at radius 2 is 2.36 bits per heavy atom. The zero-order valence-electron chi connectivity index (χ0n) is 12.4. The molecule has 112 valence electrons. The molecule has 2 aromatic rings. The van der Waals surface area contributed by atoms with E-state index in [1.54, 1.807) is 24.3 Å². The number of amides is 1. The van der Waals surface area contributed by atoms with Crippen LogP contribution in [-0.2, 0) is 6.54 Å². The summed E-state index contributed by atoms with van der Waals surface area (Å²) in [6.07, 6.45) is 3.69. The average Bonchev–Trinajstić information content (AvgIpc) is 3.29. The number of carbonyl (C=O) groups excluding carboxylic acids is 1. The zero-order chi connectivity index (χ0) is 15.5. The summed E-state index contributed by atoms with van der Waals surface area (Å²) in [5.41, 5.74) is 0.972. The fraction of sp³-hybridized carbons (Fsp3) is 0.375. The van der Waals surface area contributed by atoms with Crippen LogP contribution in [0.4, 0.5) is 0 Å². The lowest BCUT2D eigenvalue weighted by Crippen LogP contribution is -2.32. The molecule has 22 heavy (non-hydrogen) atoms. The third kappa shape index (κ3) is 2.84. The smallest absolute Gasteiger partial charge is 0.251 e. The summed E-state index contributed by atoms with van der Waals surface area (Å²) in [7, 11) is 0. The molecule has 1 N–H and O–H groups in total. The number of rotatable bonds is 5. The predicted molar refractivity (Wildman–Crippen MR) is 79.8 cm³/mol. The minimum atomic E-state index is -0.181. The van der Waals surface area contributed by atoms with Crippen LogP contribution in [0.25, 0.3) is 0 Å². The molecule has 1 aromatic carbocycles. The number of aromatic nitrogens is 3. The summed E-state index contributed by atoms with van der Waals surface area (Å²) in [5, 5.41) is 16.2. The first kappa shape index (κ1) is 14.3. The van der Waals surface area contributed by atoms with Crippen LogP contribution in [-0.4, -0.2) is 20.7 Å². The predicted octanol–water partition coefficient (Wildman–Crippen LogP) is 2.05. The Morgan fingerprint density at radius 3 is 3.05 bits per heavy atom. The number of hydrogen-bond donors (Lipinski definition) is 1. The zero-order valence-corrected chi connectivity index (χ0v) is 12.4.